The van der Waals surface area contributed by atoms with Gasteiger partial charge in [-0.05, 0) is 50.2 Å². The Labute approximate surface area is 139 Å². The highest BCUT2D eigenvalue weighted by molar-refractivity contribution is 14.0. The number of aryl methyl sites for hydroxylation is 2. The maximum absolute atomic E-state index is 4.25. The van der Waals surface area contributed by atoms with Crippen molar-refractivity contribution < 1.29 is 0 Å². The Bertz CT molecular complexity index is 453. The molecule has 0 aromatic heterocycles. The van der Waals surface area contributed by atoms with Crippen molar-refractivity contribution in [2.24, 2.45) is 10.9 Å². The molecular formula is C16H26IN3. The van der Waals surface area contributed by atoms with E-state index in [1.54, 1.807) is 0 Å². The molecule has 1 aromatic rings. The minimum atomic E-state index is 0. The first-order chi connectivity index (χ1) is 9.19. The molecule has 0 unspecified atom stereocenters. The lowest BCUT2D eigenvalue weighted by Crippen LogP contribution is -2.39. The summed E-state index contributed by atoms with van der Waals surface area (Å²) >= 11 is 0. The van der Waals surface area contributed by atoms with Gasteiger partial charge in [-0.25, -0.2) is 0 Å². The number of aliphatic imine (C=N–C) groups is 1. The number of halogens is 1. The number of guanidine groups is 1. The Morgan fingerprint density at radius 1 is 1.25 bits per heavy atom. The molecule has 1 saturated carbocycles. The fraction of sp³-hybridized carbons (Fsp3) is 0.562. The number of rotatable bonds is 5. The molecule has 0 amide bonds. The van der Waals surface area contributed by atoms with Crippen LogP contribution in [0.15, 0.2) is 23.2 Å². The Balaban J connectivity index is 0.00000200. The number of hydrogen-bond acceptors (Lipinski definition) is 1. The molecule has 3 nitrogen and oxygen atoms in total. The SMILES string of the molecule is CN=C(NCCc1ccc(C)cc1C)NCC1CC1.I. The third kappa shape index (κ3) is 5.69. The molecule has 1 aliphatic carbocycles. The molecule has 0 aliphatic heterocycles. The molecule has 0 atom stereocenters. The largest absolute Gasteiger partial charge is 0.356 e. The van der Waals surface area contributed by atoms with Crippen LogP contribution in [-0.2, 0) is 6.42 Å². The van der Waals surface area contributed by atoms with Crippen LogP contribution in [0.5, 0.6) is 0 Å². The first kappa shape index (κ1) is 17.3. The second-order valence-electron chi connectivity index (χ2n) is 5.50. The molecule has 0 saturated heterocycles. The van der Waals surface area contributed by atoms with Gasteiger partial charge in [-0.2, -0.15) is 0 Å². The molecule has 0 heterocycles. The second kappa shape index (κ2) is 8.49. The van der Waals surface area contributed by atoms with Crippen LogP contribution < -0.4 is 10.6 Å². The number of nitrogens with zero attached hydrogens (tertiary/aromatic N) is 1. The molecule has 0 bridgehead atoms. The minimum Gasteiger partial charge on any atom is -0.356 e. The van der Waals surface area contributed by atoms with Gasteiger partial charge in [0, 0.05) is 20.1 Å². The van der Waals surface area contributed by atoms with Gasteiger partial charge in [0.1, 0.15) is 0 Å². The van der Waals surface area contributed by atoms with E-state index < -0.39 is 0 Å². The molecular weight excluding hydrogens is 361 g/mol. The number of hydrogen-bond donors (Lipinski definition) is 2. The average molecular weight is 387 g/mol. The summed E-state index contributed by atoms with van der Waals surface area (Å²) in [5.74, 6) is 1.80. The van der Waals surface area contributed by atoms with E-state index >= 15 is 0 Å². The van der Waals surface area contributed by atoms with Gasteiger partial charge in [0.25, 0.3) is 0 Å². The average Bonchev–Trinajstić information content (AvgIpc) is 3.20. The summed E-state index contributed by atoms with van der Waals surface area (Å²) in [5, 5.41) is 6.76. The van der Waals surface area contributed by atoms with Gasteiger partial charge in [-0.3, -0.25) is 4.99 Å². The summed E-state index contributed by atoms with van der Waals surface area (Å²) in [7, 11) is 1.83. The maximum atomic E-state index is 4.25. The van der Waals surface area contributed by atoms with Crippen molar-refractivity contribution in [2.75, 3.05) is 20.1 Å². The standard InChI is InChI=1S/C16H25N3.HI/c1-12-4-7-15(13(2)10-12)8-9-18-16(17-3)19-11-14-5-6-14;/h4,7,10,14H,5-6,8-9,11H2,1-3H3,(H2,17,18,19);1H. The maximum Gasteiger partial charge on any atom is 0.190 e. The fourth-order valence-corrected chi connectivity index (χ4v) is 2.23. The van der Waals surface area contributed by atoms with Crippen molar-refractivity contribution in [3.8, 4) is 0 Å². The lowest BCUT2D eigenvalue weighted by Gasteiger charge is -2.12. The topological polar surface area (TPSA) is 36.4 Å². The number of nitrogens with one attached hydrogen (secondary N) is 2. The van der Waals surface area contributed by atoms with Crippen molar-refractivity contribution in [1.29, 1.82) is 0 Å². The molecule has 2 rings (SSSR count). The van der Waals surface area contributed by atoms with Crippen molar-refractivity contribution >= 4 is 29.9 Å². The van der Waals surface area contributed by atoms with Gasteiger partial charge in [-0.1, -0.05) is 23.8 Å². The summed E-state index contributed by atoms with van der Waals surface area (Å²) in [5.41, 5.74) is 4.12. The predicted octanol–water partition coefficient (Wildman–Crippen LogP) is 3.04. The van der Waals surface area contributed by atoms with E-state index in [9.17, 15) is 0 Å². The third-order valence-electron chi connectivity index (χ3n) is 3.66. The van der Waals surface area contributed by atoms with Crippen LogP contribution in [0, 0.1) is 19.8 Å². The Hall–Kier alpha value is -0.780. The Morgan fingerprint density at radius 2 is 2.00 bits per heavy atom. The highest BCUT2D eigenvalue weighted by Gasteiger charge is 2.20. The van der Waals surface area contributed by atoms with E-state index in [-0.39, 0.29) is 24.0 Å². The first-order valence-electron chi connectivity index (χ1n) is 7.19. The van der Waals surface area contributed by atoms with Gasteiger partial charge in [0.15, 0.2) is 5.96 Å². The third-order valence-corrected chi connectivity index (χ3v) is 3.66. The molecule has 20 heavy (non-hydrogen) atoms. The molecule has 0 spiro atoms. The zero-order chi connectivity index (χ0) is 13.7. The first-order valence-corrected chi connectivity index (χ1v) is 7.19. The summed E-state index contributed by atoms with van der Waals surface area (Å²) in [6.45, 7) is 6.30. The van der Waals surface area contributed by atoms with E-state index in [1.807, 2.05) is 7.05 Å². The van der Waals surface area contributed by atoms with E-state index in [4.69, 9.17) is 0 Å². The molecule has 4 heteroatoms. The van der Waals surface area contributed by atoms with E-state index in [1.165, 1.54) is 29.5 Å². The second-order valence-corrected chi connectivity index (χ2v) is 5.50. The lowest BCUT2D eigenvalue weighted by atomic mass is 10.0. The van der Waals surface area contributed by atoms with Crippen LogP contribution in [0.25, 0.3) is 0 Å². The zero-order valence-electron chi connectivity index (χ0n) is 12.7. The summed E-state index contributed by atoms with van der Waals surface area (Å²) < 4.78 is 0. The van der Waals surface area contributed by atoms with Crippen molar-refractivity contribution in [3.63, 3.8) is 0 Å². The van der Waals surface area contributed by atoms with Crippen LogP contribution in [-0.4, -0.2) is 26.1 Å². The lowest BCUT2D eigenvalue weighted by molar-refractivity contribution is 0.734. The molecule has 1 aromatic carbocycles. The van der Waals surface area contributed by atoms with Crippen LogP contribution in [0.2, 0.25) is 0 Å². The van der Waals surface area contributed by atoms with Crippen molar-refractivity contribution in [3.05, 3.63) is 34.9 Å². The molecule has 1 fully saturated rings. The highest BCUT2D eigenvalue weighted by Crippen LogP contribution is 2.27. The molecule has 1 aliphatic rings. The zero-order valence-corrected chi connectivity index (χ0v) is 15.0. The van der Waals surface area contributed by atoms with Crippen LogP contribution in [0.4, 0.5) is 0 Å². The van der Waals surface area contributed by atoms with Gasteiger partial charge in [-0.15, -0.1) is 24.0 Å². The highest BCUT2D eigenvalue weighted by atomic mass is 127. The van der Waals surface area contributed by atoms with Gasteiger partial charge >= 0.3 is 0 Å². The van der Waals surface area contributed by atoms with Crippen molar-refractivity contribution in [2.45, 2.75) is 33.1 Å². The van der Waals surface area contributed by atoms with Crippen LogP contribution in [0.3, 0.4) is 0 Å². The predicted molar refractivity (Wildman–Crippen MR) is 97.1 cm³/mol. The van der Waals surface area contributed by atoms with E-state index in [0.29, 0.717) is 0 Å². The summed E-state index contributed by atoms with van der Waals surface area (Å²) in [6, 6.07) is 6.66. The van der Waals surface area contributed by atoms with Crippen LogP contribution in [0.1, 0.15) is 29.5 Å². The van der Waals surface area contributed by atoms with E-state index in [0.717, 1.165) is 31.4 Å². The summed E-state index contributed by atoms with van der Waals surface area (Å²) in [4.78, 5) is 4.25. The fourth-order valence-electron chi connectivity index (χ4n) is 2.23. The minimum absolute atomic E-state index is 0. The molecule has 112 valence electrons. The number of benzene rings is 1. The quantitative estimate of drug-likeness (QED) is 0.463. The van der Waals surface area contributed by atoms with E-state index in [2.05, 4.69) is 47.7 Å². The van der Waals surface area contributed by atoms with Gasteiger partial charge in [0.05, 0.1) is 0 Å². The van der Waals surface area contributed by atoms with Gasteiger partial charge < -0.3 is 10.6 Å². The molecule has 2 N–H and O–H groups in total. The van der Waals surface area contributed by atoms with Crippen LogP contribution >= 0.6 is 24.0 Å². The Morgan fingerprint density at radius 3 is 2.60 bits per heavy atom. The summed E-state index contributed by atoms with van der Waals surface area (Å²) in [6.07, 6.45) is 3.77. The van der Waals surface area contributed by atoms with Crippen molar-refractivity contribution in [1.82, 2.24) is 10.6 Å². The normalized spacial score (nSPS) is 14.7. The Kier molecular flexibility index (Phi) is 7.34. The molecule has 0 radical (unpaired) electrons. The monoisotopic (exact) mass is 387 g/mol. The van der Waals surface area contributed by atoms with Gasteiger partial charge in [0.2, 0.25) is 0 Å². The smallest absolute Gasteiger partial charge is 0.190 e.